The van der Waals surface area contributed by atoms with Crippen LogP contribution in [0.4, 0.5) is 10.5 Å². The minimum absolute atomic E-state index is 0.0191. The average Bonchev–Trinajstić information content (AvgIpc) is 2.73. The standard InChI is InChI=1S/C23H29N3O5/c1-16(25-22(29)17-8-3-2-4-9-17)7-5-6-10-18-15-19(27)11-12-20(18)26-21(28)13-14-24-23(30)31/h2-4,8-9,11-12,15-16,24,27H,5-7,10,13-14H2,1H3,(H,25,29)(H,26,28)(H,30,31). The first-order valence-electron chi connectivity index (χ1n) is 10.3. The third kappa shape index (κ3) is 8.77. The second kappa shape index (κ2) is 12.2. The number of hydrogen-bond acceptors (Lipinski definition) is 4. The molecule has 1 unspecified atom stereocenters. The molecule has 0 spiro atoms. The first-order valence-corrected chi connectivity index (χ1v) is 10.3. The van der Waals surface area contributed by atoms with Gasteiger partial charge in [-0.1, -0.05) is 24.6 Å². The third-order valence-electron chi connectivity index (χ3n) is 4.74. The smallest absolute Gasteiger partial charge is 0.404 e. The van der Waals surface area contributed by atoms with E-state index in [-0.39, 0.29) is 36.6 Å². The highest BCUT2D eigenvalue weighted by molar-refractivity contribution is 5.94. The summed E-state index contributed by atoms with van der Waals surface area (Å²) in [4.78, 5) is 34.7. The highest BCUT2D eigenvalue weighted by Gasteiger charge is 2.11. The minimum atomic E-state index is -1.17. The fourth-order valence-electron chi connectivity index (χ4n) is 3.14. The predicted molar refractivity (Wildman–Crippen MR) is 118 cm³/mol. The van der Waals surface area contributed by atoms with Crippen LogP contribution in [0.5, 0.6) is 5.75 Å². The van der Waals surface area contributed by atoms with Gasteiger partial charge in [-0.2, -0.15) is 0 Å². The number of amides is 3. The van der Waals surface area contributed by atoms with Crippen LogP contribution in [-0.4, -0.2) is 40.7 Å². The van der Waals surface area contributed by atoms with Crippen LogP contribution < -0.4 is 16.0 Å². The van der Waals surface area contributed by atoms with Gasteiger partial charge in [0.1, 0.15) is 5.75 Å². The van der Waals surface area contributed by atoms with Crippen molar-refractivity contribution in [1.29, 1.82) is 0 Å². The highest BCUT2D eigenvalue weighted by Crippen LogP contribution is 2.23. The van der Waals surface area contributed by atoms with Crippen molar-refractivity contribution in [3.05, 3.63) is 59.7 Å². The molecule has 5 N–H and O–H groups in total. The molecular weight excluding hydrogens is 398 g/mol. The Morgan fingerprint density at radius 1 is 1.03 bits per heavy atom. The molecule has 0 heterocycles. The number of rotatable bonds is 11. The molecule has 3 amide bonds. The molecule has 0 bridgehead atoms. The van der Waals surface area contributed by atoms with Crippen molar-refractivity contribution in [3.8, 4) is 5.75 Å². The van der Waals surface area contributed by atoms with Crippen LogP contribution in [0.25, 0.3) is 0 Å². The van der Waals surface area contributed by atoms with Crippen molar-refractivity contribution < 1.29 is 24.6 Å². The number of unbranched alkanes of at least 4 members (excludes halogenated alkanes) is 1. The van der Waals surface area contributed by atoms with Crippen LogP contribution in [0.3, 0.4) is 0 Å². The van der Waals surface area contributed by atoms with E-state index in [2.05, 4.69) is 16.0 Å². The molecule has 2 aromatic carbocycles. The van der Waals surface area contributed by atoms with Gasteiger partial charge in [-0.25, -0.2) is 4.79 Å². The van der Waals surface area contributed by atoms with E-state index in [4.69, 9.17) is 5.11 Å². The molecule has 166 valence electrons. The maximum atomic E-state index is 12.2. The van der Waals surface area contributed by atoms with E-state index in [1.165, 1.54) is 6.07 Å². The lowest BCUT2D eigenvalue weighted by atomic mass is 10.0. The van der Waals surface area contributed by atoms with Crippen LogP contribution in [-0.2, 0) is 11.2 Å². The van der Waals surface area contributed by atoms with Crippen molar-refractivity contribution in [1.82, 2.24) is 10.6 Å². The van der Waals surface area contributed by atoms with Gasteiger partial charge in [0.2, 0.25) is 5.91 Å². The molecule has 2 rings (SSSR count). The van der Waals surface area contributed by atoms with E-state index < -0.39 is 6.09 Å². The van der Waals surface area contributed by atoms with E-state index in [0.717, 1.165) is 24.8 Å². The fourth-order valence-corrected chi connectivity index (χ4v) is 3.14. The number of anilines is 1. The number of hydrogen-bond donors (Lipinski definition) is 5. The molecule has 1 atom stereocenters. The molecular formula is C23H29N3O5. The first kappa shape index (κ1) is 23.7. The van der Waals surface area contributed by atoms with Gasteiger partial charge in [0.15, 0.2) is 0 Å². The summed E-state index contributed by atoms with van der Waals surface area (Å²) in [6.45, 7) is 1.99. The van der Waals surface area contributed by atoms with Crippen LogP contribution >= 0.6 is 0 Å². The molecule has 8 nitrogen and oxygen atoms in total. The maximum Gasteiger partial charge on any atom is 0.404 e. The van der Waals surface area contributed by atoms with Gasteiger partial charge in [-0.3, -0.25) is 9.59 Å². The van der Waals surface area contributed by atoms with Gasteiger partial charge in [-0.15, -0.1) is 0 Å². The molecule has 8 heteroatoms. The van der Waals surface area contributed by atoms with Crippen LogP contribution in [0.15, 0.2) is 48.5 Å². The minimum Gasteiger partial charge on any atom is -0.508 e. The van der Waals surface area contributed by atoms with E-state index in [9.17, 15) is 19.5 Å². The van der Waals surface area contributed by atoms with Gasteiger partial charge < -0.3 is 26.2 Å². The van der Waals surface area contributed by atoms with Crippen molar-refractivity contribution in [2.24, 2.45) is 0 Å². The number of nitrogens with one attached hydrogen (secondary N) is 3. The van der Waals surface area contributed by atoms with Crippen molar-refractivity contribution in [3.63, 3.8) is 0 Å². The zero-order chi connectivity index (χ0) is 22.6. The largest absolute Gasteiger partial charge is 0.508 e. The Balaban J connectivity index is 1.79. The third-order valence-corrected chi connectivity index (χ3v) is 4.74. The number of aromatic hydroxyl groups is 1. The summed E-state index contributed by atoms with van der Waals surface area (Å²) >= 11 is 0. The zero-order valence-corrected chi connectivity index (χ0v) is 17.6. The number of aryl methyl sites for hydroxylation is 1. The van der Waals surface area contributed by atoms with Gasteiger partial charge in [-0.05, 0) is 62.1 Å². The molecule has 2 aromatic rings. The molecule has 0 aromatic heterocycles. The SMILES string of the molecule is CC(CCCCc1cc(O)ccc1NC(=O)CCNC(=O)O)NC(=O)c1ccccc1. The quantitative estimate of drug-likeness (QED) is 0.277. The van der Waals surface area contributed by atoms with Gasteiger partial charge in [0.05, 0.1) is 0 Å². The van der Waals surface area contributed by atoms with Gasteiger partial charge in [0.25, 0.3) is 5.91 Å². The number of benzene rings is 2. The van der Waals surface area contributed by atoms with E-state index in [1.807, 2.05) is 25.1 Å². The summed E-state index contributed by atoms with van der Waals surface area (Å²) in [5, 5.41) is 26.3. The van der Waals surface area contributed by atoms with Crippen LogP contribution in [0.1, 0.15) is 48.5 Å². The Bertz CT molecular complexity index is 886. The topological polar surface area (TPSA) is 128 Å². The summed E-state index contributed by atoms with van der Waals surface area (Å²) in [6.07, 6.45) is 1.98. The normalized spacial score (nSPS) is 11.4. The molecule has 0 saturated heterocycles. The maximum absolute atomic E-state index is 12.2. The Hall–Kier alpha value is -3.55. The fraction of sp³-hybridized carbons (Fsp3) is 0.348. The number of phenols is 1. The predicted octanol–water partition coefficient (Wildman–Crippen LogP) is 3.52. The molecule has 0 aliphatic carbocycles. The van der Waals surface area contributed by atoms with Crippen molar-refractivity contribution in [2.75, 3.05) is 11.9 Å². The Morgan fingerprint density at radius 2 is 1.77 bits per heavy atom. The zero-order valence-electron chi connectivity index (χ0n) is 17.6. The Labute approximate surface area is 181 Å². The van der Waals surface area contributed by atoms with Gasteiger partial charge >= 0.3 is 6.09 Å². The summed E-state index contributed by atoms with van der Waals surface area (Å²) in [5.41, 5.74) is 2.04. The number of carbonyl (C=O) groups is 3. The summed E-state index contributed by atoms with van der Waals surface area (Å²) in [7, 11) is 0. The van der Waals surface area contributed by atoms with E-state index in [1.54, 1.807) is 24.3 Å². The summed E-state index contributed by atoms with van der Waals surface area (Å²) in [6, 6.07) is 13.8. The van der Waals surface area contributed by atoms with Crippen molar-refractivity contribution >= 4 is 23.6 Å². The number of carboxylic acid groups (broad SMARTS) is 1. The lowest BCUT2D eigenvalue weighted by Crippen LogP contribution is -2.32. The number of phenolic OH excluding ortho intramolecular Hbond substituents is 1. The van der Waals surface area contributed by atoms with Crippen LogP contribution in [0.2, 0.25) is 0 Å². The molecule has 0 saturated carbocycles. The van der Waals surface area contributed by atoms with Crippen LogP contribution in [0, 0.1) is 0 Å². The molecule has 0 fully saturated rings. The lowest BCUT2D eigenvalue weighted by Gasteiger charge is -2.15. The first-order chi connectivity index (χ1) is 14.8. The Kier molecular flexibility index (Phi) is 9.35. The molecule has 0 radical (unpaired) electrons. The van der Waals surface area contributed by atoms with E-state index >= 15 is 0 Å². The highest BCUT2D eigenvalue weighted by atomic mass is 16.4. The average molecular weight is 428 g/mol. The van der Waals surface area contributed by atoms with Gasteiger partial charge in [0, 0.05) is 30.3 Å². The Morgan fingerprint density at radius 3 is 2.48 bits per heavy atom. The molecule has 31 heavy (non-hydrogen) atoms. The summed E-state index contributed by atoms with van der Waals surface area (Å²) in [5.74, 6) is -0.287. The second-order valence-electron chi connectivity index (χ2n) is 7.36. The second-order valence-corrected chi connectivity index (χ2v) is 7.36. The molecule has 0 aliphatic heterocycles. The molecule has 0 aliphatic rings. The van der Waals surface area contributed by atoms with E-state index in [0.29, 0.717) is 17.7 Å². The van der Waals surface area contributed by atoms with Crippen molar-refractivity contribution in [2.45, 2.75) is 45.1 Å². The monoisotopic (exact) mass is 427 g/mol. The number of carbonyl (C=O) groups excluding carboxylic acids is 2. The lowest BCUT2D eigenvalue weighted by molar-refractivity contribution is -0.116. The summed E-state index contributed by atoms with van der Waals surface area (Å²) < 4.78 is 0.